The van der Waals surface area contributed by atoms with Crippen LogP contribution in [0.15, 0.2) is 0 Å². The number of ether oxygens (including phenoxy) is 1. The lowest BCUT2D eigenvalue weighted by atomic mass is 10.1. The average Bonchev–Trinajstić information content (AvgIpc) is 2.07. The first-order valence-corrected chi connectivity index (χ1v) is 4.90. The Bertz CT molecular complexity index is 228. The first kappa shape index (κ1) is 11.0. The van der Waals surface area contributed by atoms with Gasteiger partial charge in [0.05, 0.1) is 19.2 Å². The number of carbonyl (C=O) groups is 2. The summed E-state index contributed by atoms with van der Waals surface area (Å²) >= 11 is 0. The van der Waals surface area contributed by atoms with Crippen LogP contribution in [0.4, 0.5) is 0 Å². The SMILES string of the molecule is CC(C)OC(=O)C[C@@H]1[NH2+]CCNC1=O. The molecule has 5 nitrogen and oxygen atoms in total. The van der Waals surface area contributed by atoms with E-state index in [0.29, 0.717) is 6.54 Å². The molecule has 0 saturated carbocycles. The molecule has 1 aliphatic heterocycles. The molecule has 3 N–H and O–H groups in total. The molecule has 14 heavy (non-hydrogen) atoms. The summed E-state index contributed by atoms with van der Waals surface area (Å²) in [7, 11) is 0. The summed E-state index contributed by atoms with van der Waals surface area (Å²) < 4.78 is 4.96. The topological polar surface area (TPSA) is 72.0 Å². The smallest absolute Gasteiger partial charge is 0.312 e. The van der Waals surface area contributed by atoms with E-state index in [2.05, 4.69) is 5.32 Å². The number of esters is 1. The van der Waals surface area contributed by atoms with Crippen molar-refractivity contribution >= 4 is 11.9 Å². The lowest BCUT2D eigenvalue weighted by Gasteiger charge is -2.19. The zero-order chi connectivity index (χ0) is 10.6. The molecular formula is C9H17N2O3+. The van der Waals surface area contributed by atoms with Gasteiger partial charge in [-0.1, -0.05) is 0 Å². The third-order valence-electron chi connectivity index (χ3n) is 1.99. The van der Waals surface area contributed by atoms with Gasteiger partial charge in [0, 0.05) is 0 Å². The quantitative estimate of drug-likeness (QED) is 0.540. The molecule has 1 rings (SSSR count). The number of carbonyl (C=O) groups excluding carboxylic acids is 2. The molecule has 1 amide bonds. The van der Waals surface area contributed by atoms with E-state index in [1.54, 1.807) is 13.8 Å². The summed E-state index contributed by atoms with van der Waals surface area (Å²) in [5.74, 6) is -0.379. The van der Waals surface area contributed by atoms with Gasteiger partial charge < -0.3 is 15.4 Å². The number of nitrogens with two attached hydrogens (primary N) is 1. The molecule has 0 unspecified atom stereocenters. The maximum atomic E-state index is 11.3. The van der Waals surface area contributed by atoms with Crippen LogP contribution in [0.1, 0.15) is 20.3 Å². The van der Waals surface area contributed by atoms with Crippen LogP contribution < -0.4 is 10.6 Å². The highest BCUT2D eigenvalue weighted by Crippen LogP contribution is 1.96. The number of amides is 1. The van der Waals surface area contributed by atoms with E-state index < -0.39 is 0 Å². The molecule has 0 aromatic carbocycles. The second-order valence-corrected chi connectivity index (χ2v) is 3.66. The average molecular weight is 201 g/mol. The van der Waals surface area contributed by atoms with Crippen LogP contribution in [0.3, 0.4) is 0 Å². The largest absolute Gasteiger partial charge is 0.463 e. The Morgan fingerprint density at radius 1 is 1.71 bits per heavy atom. The highest BCUT2D eigenvalue weighted by Gasteiger charge is 2.28. The third kappa shape index (κ3) is 3.33. The minimum Gasteiger partial charge on any atom is -0.463 e. The van der Waals surface area contributed by atoms with E-state index in [-0.39, 0.29) is 30.4 Å². The number of rotatable bonds is 3. The number of quaternary nitrogens is 1. The maximum absolute atomic E-state index is 11.3. The molecule has 0 aromatic rings. The summed E-state index contributed by atoms with van der Waals surface area (Å²) in [5.41, 5.74) is 0. The summed E-state index contributed by atoms with van der Waals surface area (Å²) in [5, 5.41) is 4.59. The summed E-state index contributed by atoms with van der Waals surface area (Å²) in [6.07, 6.45) is 0.0402. The Balaban J connectivity index is 2.34. The Morgan fingerprint density at radius 3 is 3.00 bits per heavy atom. The Labute approximate surface area is 83.2 Å². The molecule has 1 saturated heterocycles. The van der Waals surface area contributed by atoms with Gasteiger partial charge in [-0.3, -0.25) is 9.59 Å². The van der Waals surface area contributed by atoms with E-state index in [1.165, 1.54) is 0 Å². The molecule has 5 heteroatoms. The van der Waals surface area contributed by atoms with Crippen molar-refractivity contribution in [2.45, 2.75) is 32.4 Å². The fourth-order valence-electron chi connectivity index (χ4n) is 1.38. The molecule has 1 heterocycles. The number of hydrogen-bond donors (Lipinski definition) is 2. The lowest BCUT2D eigenvalue weighted by molar-refractivity contribution is -0.678. The van der Waals surface area contributed by atoms with Gasteiger partial charge in [0.25, 0.3) is 5.91 Å². The molecule has 0 spiro atoms. The predicted octanol–water partition coefficient (Wildman–Crippen LogP) is -1.61. The van der Waals surface area contributed by atoms with E-state index in [9.17, 15) is 9.59 Å². The van der Waals surface area contributed by atoms with Crippen molar-refractivity contribution in [3.05, 3.63) is 0 Å². The highest BCUT2D eigenvalue weighted by atomic mass is 16.5. The number of piperazine rings is 1. The summed E-state index contributed by atoms with van der Waals surface area (Å²) in [6, 6.07) is -0.310. The van der Waals surface area contributed by atoms with Gasteiger partial charge in [0.15, 0.2) is 6.04 Å². The zero-order valence-corrected chi connectivity index (χ0v) is 8.58. The Hall–Kier alpha value is -1.10. The first-order valence-electron chi connectivity index (χ1n) is 4.90. The van der Waals surface area contributed by atoms with Crippen molar-refractivity contribution in [3.8, 4) is 0 Å². The lowest BCUT2D eigenvalue weighted by Crippen LogP contribution is -2.96. The van der Waals surface area contributed by atoms with Gasteiger partial charge in [-0.25, -0.2) is 0 Å². The molecule has 0 bridgehead atoms. The highest BCUT2D eigenvalue weighted by molar-refractivity contribution is 5.85. The molecule has 0 radical (unpaired) electrons. The predicted molar refractivity (Wildman–Crippen MR) is 49.4 cm³/mol. The van der Waals surface area contributed by atoms with E-state index in [0.717, 1.165) is 6.54 Å². The van der Waals surface area contributed by atoms with Crippen molar-refractivity contribution in [2.24, 2.45) is 0 Å². The zero-order valence-electron chi connectivity index (χ0n) is 8.58. The molecule has 1 aliphatic rings. The number of nitrogens with one attached hydrogen (secondary N) is 1. The third-order valence-corrected chi connectivity index (χ3v) is 1.99. The number of hydrogen-bond acceptors (Lipinski definition) is 3. The summed E-state index contributed by atoms with van der Waals surface area (Å²) in [4.78, 5) is 22.5. The van der Waals surface area contributed by atoms with Gasteiger partial charge in [0.1, 0.15) is 6.42 Å². The van der Waals surface area contributed by atoms with Crippen molar-refractivity contribution in [1.82, 2.24) is 5.32 Å². The van der Waals surface area contributed by atoms with Gasteiger partial charge in [-0.2, -0.15) is 0 Å². The van der Waals surface area contributed by atoms with Crippen LogP contribution in [-0.2, 0) is 14.3 Å². The molecule has 1 atom stereocenters. The van der Waals surface area contributed by atoms with Crippen LogP contribution >= 0.6 is 0 Å². The van der Waals surface area contributed by atoms with Crippen molar-refractivity contribution in [2.75, 3.05) is 13.1 Å². The van der Waals surface area contributed by atoms with Crippen LogP contribution in [-0.4, -0.2) is 37.1 Å². The van der Waals surface area contributed by atoms with Gasteiger partial charge >= 0.3 is 5.97 Å². The normalized spacial score (nSPS) is 21.9. The fraction of sp³-hybridized carbons (Fsp3) is 0.778. The molecule has 0 aliphatic carbocycles. The van der Waals surface area contributed by atoms with Gasteiger partial charge in [-0.05, 0) is 13.8 Å². The summed E-state index contributed by atoms with van der Waals surface area (Å²) in [6.45, 7) is 5.09. The first-order chi connectivity index (χ1) is 6.59. The van der Waals surface area contributed by atoms with E-state index >= 15 is 0 Å². The molecule has 1 fully saturated rings. The van der Waals surface area contributed by atoms with Crippen LogP contribution in [0.25, 0.3) is 0 Å². The minimum absolute atomic E-state index is 0.0723. The monoisotopic (exact) mass is 201 g/mol. The van der Waals surface area contributed by atoms with Crippen molar-refractivity contribution in [1.29, 1.82) is 0 Å². The van der Waals surface area contributed by atoms with Crippen molar-refractivity contribution in [3.63, 3.8) is 0 Å². The maximum Gasteiger partial charge on any atom is 0.312 e. The van der Waals surface area contributed by atoms with Gasteiger partial charge in [0.2, 0.25) is 0 Å². The fourth-order valence-corrected chi connectivity index (χ4v) is 1.38. The second kappa shape index (κ2) is 4.95. The molecule has 80 valence electrons. The van der Waals surface area contributed by atoms with E-state index in [4.69, 9.17) is 4.74 Å². The van der Waals surface area contributed by atoms with Crippen LogP contribution in [0.2, 0.25) is 0 Å². The van der Waals surface area contributed by atoms with Crippen LogP contribution in [0, 0.1) is 0 Å². The Morgan fingerprint density at radius 2 is 2.43 bits per heavy atom. The van der Waals surface area contributed by atoms with Crippen LogP contribution in [0.5, 0.6) is 0 Å². The van der Waals surface area contributed by atoms with Crippen molar-refractivity contribution < 1.29 is 19.6 Å². The minimum atomic E-state index is -0.310. The Kier molecular flexibility index (Phi) is 3.88. The second-order valence-electron chi connectivity index (χ2n) is 3.66. The standard InChI is InChI=1S/C9H16N2O3/c1-6(2)14-8(12)5-7-9(13)11-4-3-10-7/h6-7,10H,3-5H2,1-2H3,(H,11,13)/p+1/t7-/m0/s1. The molecule has 0 aromatic heterocycles. The molecular weight excluding hydrogens is 184 g/mol. The van der Waals surface area contributed by atoms with Gasteiger partial charge in [-0.15, -0.1) is 0 Å². The van der Waals surface area contributed by atoms with E-state index in [1.807, 2.05) is 5.32 Å².